The average molecular weight is 370 g/mol. The number of hydrogen-bond donors (Lipinski definition) is 0. The molecule has 0 bridgehead atoms. The Morgan fingerprint density at radius 3 is 2.74 bits per heavy atom. The van der Waals surface area contributed by atoms with E-state index in [0.717, 1.165) is 36.7 Å². The number of nitrogens with zero attached hydrogens (tertiary/aromatic N) is 6. The van der Waals surface area contributed by atoms with Crippen LogP contribution in [0.2, 0.25) is 0 Å². The van der Waals surface area contributed by atoms with E-state index in [9.17, 15) is 4.79 Å². The zero-order chi connectivity index (χ0) is 19.0. The molecular formula is C19H26N6O2. The maximum atomic E-state index is 12.0. The van der Waals surface area contributed by atoms with Crippen LogP contribution in [0.3, 0.4) is 0 Å². The number of carbonyl (C=O) groups is 1. The van der Waals surface area contributed by atoms with Crippen LogP contribution in [0.25, 0.3) is 11.4 Å². The number of ether oxygens (including phenoxy) is 1. The first-order valence-electron chi connectivity index (χ1n) is 9.39. The van der Waals surface area contributed by atoms with E-state index in [1.807, 2.05) is 31.7 Å². The van der Waals surface area contributed by atoms with Gasteiger partial charge in [-0.25, -0.2) is 15.0 Å². The predicted octanol–water partition coefficient (Wildman–Crippen LogP) is 1.14. The quantitative estimate of drug-likeness (QED) is 0.803. The SMILES string of the molecule is Cc1ncc(-c2nccn2[C@@H]2C[C@H]3CO[C@@H](CC(=O)N(C)C)CN3C2)cn1. The lowest BCUT2D eigenvalue weighted by Gasteiger charge is -2.35. The van der Waals surface area contributed by atoms with Gasteiger partial charge >= 0.3 is 0 Å². The van der Waals surface area contributed by atoms with E-state index in [0.29, 0.717) is 25.1 Å². The number of aromatic nitrogens is 4. The van der Waals surface area contributed by atoms with Gasteiger partial charge in [-0.1, -0.05) is 0 Å². The van der Waals surface area contributed by atoms with Crippen molar-refractivity contribution in [2.75, 3.05) is 33.8 Å². The molecule has 0 radical (unpaired) electrons. The molecule has 8 heteroatoms. The van der Waals surface area contributed by atoms with Gasteiger partial charge in [-0.3, -0.25) is 9.69 Å². The van der Waals surface area contributed by atoms with Crippen molar-refractivity contribution in [3.8, 4) is 11.4 Å². The molecule has 2 saturated heterocycles. The Labute approximate surface area is 159 Å². The fraction of sp³-hybridized carbons (Fsp3) is 0.579. The molecule has 2 aliphatic heterocycles. The second kappa shape index (κ2) is 7.36. The summed E-state index contributed by atoms with van der Waals surface area (Å²) in [5.74, 6) is 1.77. The van der Waals surface area contributed by atoms with E-state index < -0.39 is 0 Å². The fourth-order valence-electron chi connectivity index (χ4n) is 3.96. The third kappa shape index (κ3) is 3.72. The van der Waals surface area contributed by atoms with E-state index in [-0.39, 0.29) is 12.0 Å². The van der Waals surface area contributed by atoms with Crippen molar-refractivity contribution in [1.29, 1.82) is 0 Å². The topological polar surface area (TPSA) is 76.4 Å². The summed E-state index contributed by atoms with van der Waals surface area (Å²) in [6.45, 7) is 4.30. The van der Waals surface area contributed by atoms with Crippen LogP contribution < -0.4 is 0 Å². The summed E-state index contributed by atoms with van der Waals surface area (Å²) in [4.78, 5) is 29.2. The van der Waals surface area contributed by atoms with Crippen LogP contribution in [0.5, 0.6) is 0 Å². The smallest absolute Gasteiger partial charge is 0.224 e. The Kier molecular flexibility index (Phi) is 4.92. The Morgan fingerprint density at radius 1 is 1.22 bits per heavy atom. The van der Waals surface area contributed by atoms with Crippen LogP contribution in [-0.2, 0) is 9.53 Å². The number of carbonyl (C=O) groups excluding carboxylic acids is 1. The number of fused-ring (bicyclic) bond motifs is 1. The highest BCUT2D eigenvalue weighted by molar-refractivity contribution is 5.76. The zero-order valence-corrected chi connectivity index (χ0v) is 16.1. The molecule has 27 heavy (non-hydrogen) atoms. The second-order valence-electron chi connectivity index (χ2n) is 7.62. The van der Waals surface area contributed by atoms with Gasteiger partial charge in [0.15, 0.2) is 0 Å². The molecule has 0 unspecified atom stereocenters. The van der Waals surface area contributed by atoms with Crippen molar-refractivity contribution < 1.29 is 9.53 Å². The maximum absolute atomic E-state index is 12.0. The monoisotopic (exact) mass is 370 g/mol. The molecule has 0 aromatic carbocycles. The number of hydrogen-bond acceptors (Lipinski definition) is 6. The molecule has 1 amide bonds. The van der Waals surface area contributed by atoms with E-state index in [2.05, 4.69) is 24.4 Å². The Bertz CT molecular complexity index is 803. The van der Waals surface area contributed by atoms with Crippen molar-refractivity contribution in [3.05, 3.63) is 30.6 Å². The summed E-state index contributed by atoms with van der Waals surface area (Å²) in [7, 11) is 3.57. The number of morpholine rings is 1. The highest BCUT2D eigenvalue weighted by Gasteiger charge is 2.39. The molecule has 3 atom stereocenters. The third-order valence-corrected chi connectivity index (χ3v) is 5.47. The van der Waals surface area contributed by atoms with Gasteiger partial charge in [-0.2, -0.15) is 0 Å². The summed E-state index contributed by atoms with van der Waals surface area (Å²) in [5.41, 5.74) is 0.932. The van der Waals surface area contributed by atoms with E-state index >= 15 is 0 Å². The van der Waals surface area contributed by atoms with E-state index in [4.69, 9.17) is 4.74 Å². The largest absolute Gasteiger partial charge is 0.375 e. The van der Waals surface area contributed by atoms with Gasteiger partial charge in [0.1, 0.15) is 11.6 Å². The minimum absolute atomic E-state index is 0.0253. The summed E-state index contributed by atoms with van der Waals surface area (Å²) in [6.07, 6.45) is 8.96. The molecule has 4 rings (SSSR count). The van der Waals surface area contributed by atoms with Gasteiger partial charge in [-0.05, 0) is 13.3 Å². The Morgan fingerprint density at radius 2 is 2.00 bits per heavy atom. The number of rotatable bonds is 4. The minimum Gasteiger partial charge on any atom is -0.375 e. The first-order valence-corrected chi connectivity index (χ1v) is 9.39. The highest BCUT2D eigenvalue weighted by atomic mass is 16.5. The van der Waals surface area contributed by atoms with Crippen LogP contribution in [0.1, 0.15) is 24.7 Å². The predicted molar refractivity (Wildman–Crippen MR) is 100 cm³/mol. The zero-order valence-electron chi connectivity index (χ0n) is 16.1. The van der Waals surface area contributed by atoms with E-state index in [1.165, 1.54) is 0 Å². The molecule has 0 spiro atoms. The van der Waals surface area contributed by atoms with Crippen LogP contribution in [-0.4, -0.2) is 81.2 Å². The molecule has 144 valence electrons. The first kappa shape index (κ1) is 18.1. The molecular weight excluding hydrogens is 344 g/mol. The molecule has 4 heterocycles. The normalized spacial score (nSPS) is 25.4. The molecule has 8 nitrogen and oxygen atoms in total. The summed E-state index contributed by atoms with van der Waals surface area (Å²) < 4.78 is 8.20. The molecule has 0 aliphatic carbocycles. The molecule has 2 aromatic rings. The van der Waals surface area contributed by atoms with Gasteiger partial charge in [-0.15, -0.1) is 0 Å². The van der Waals surface area contributed by atoms with Crippen molar-refractivity contribution in [3.63, 3.8) is 0 Å². The van der Waals surface area contributed by atoms with Gasteiger partial charge in [0, 0.05) is 64.1 Å². The standard InChI is InChI=1S/C19H26N6O2/c1-13-21-8-14(9-22-13)19-20-4-5-25(19)15-6-16-12-27-17(11-24(16)10-15)7-18(26)23(2)3/h4-5,8-9,15-17H,6-7,10-12H2,1-3H3/t15-,16+,17+/m1/s1. The summed E-state index contributed by atoms with van der Waals surface area (Å²) >= 11 is 0. The van der Waals surface area contributed by atoms with Crippen LogP contribution in [0, 0.1) is 6.92 Å². The molecule has 2 fully saturated rings. The second-order valence-corrected chi connectivity index (χ2v) is 7.62. The van der Waals surface area contributed by atoms with Gasteiger partial charge in [0.05, 0.1) is 24.7 Å². The molecule has 2 aliphatic rings. The van der Waals surface area contributed by atoms with E-state index in [1.54, 1.807) is 19.0 Å². The number of aryl methyl sites for hydroxylation is 1. The summed E-state index contributed by atoms with van der Waals surface area (Å²) in [5, 5.41) is 0. The third-order valence-electron chi connectivity index (χ3n) is 5.47. The Hall–Kier alpha value is -2.32. The lowest BCUT2D eigenvalue weighted by atomic mass is 10.1. The van der Waals surface area contributed by atoms with Crippen molar-refractivity contribution in [2.45, 2.75) is 38.0 Å². The van der Waals surface area contributed by atoms with Crippen LogP contribution in [0.15, 0.2) is 24.8 Å². The molecule has 0 N–H and O–H groups in total. The maximum Gasteiger partial charge on any atom is 0.224 e. The lowest BCUT2D eigenvalue weighted by molar-refractivity contribution is -0.134. The number of imidazole rings is 1. The van der Waals surface area contributed by atoms with Crippen LogP contribution >= 0.6 is 0 Å². The summed E-state index contributed by atoms with van der Waals surface area (Å²) in [6, 6.07) is 0.728. The van der Waals surface area contributed by atoms with Gasteiger partial charge < -0.3 is 14.2 Å². The first-order chi connectivity index (χ1) is 13.0. The molecule has 2 aromatic heterocycles. The fourth-order valence-corrected chi connectivity index (χ4v) is 3.96. The molecule has 0 saturated carbocycles. The Balaban J connectivity index is 1.45. The van der Waals surface area contributed by atoms with Crippen LogP contribution in [0.4, 0.5) is 0 Å². The van der Waals surface area contributed by atoms with Crippen molar-refractivity contribution in [2.24, 2.45) is 0 Å². The minimum atomic E-state index is -0.0253. The average Bonchev–Trinajstić information content (AvgIpc) is 3.28. The van der Waals surface area contributed by atoms with Crippen molar-refractivity contribution >= 4 is 5.91 Å². The highest BCUT2D eigenvalue weighted by Crippen LogP contribution is 2.33. The van der Waals surface area contributed by atoms with Gasteiger partial charge in [0.2, 0.25) is 5.91 Å². The lowest BCUT2D eigenvalue weighted by Crippen LogP contribution is -2.47. The van der Waals surface area contributed by atoms with Crippen molar-refractivity contribution in [1.82, 2.24) is 29.3 Å². The van der Waals surface area contributed by atoms with Gasteiger partial charge in [0.25, 0.3) is 0 Å². The number of amides is 1.